The van der Waals surface area contributed by atoms with Crippen molar-refractivity contribution in [1.29, 1.82) is 0 Å². The van der Waals surface area contributed by atoms with Crippen molar-refractivity contribution in [1.82, 2.24) is 14.9 Å². The Bertz CT molecular complexity index is 987. The highest BCUT2D eigenvalue weighted by molar-refractivity contribution is 7.71. The maximum atomic E-state index is 5.49. The Hall–Kier alpha value is -3.13. The van der Waals surface area contributed by atoms with E-state index in [9.17, 15) is 0 Å². The van der Waals surface area contributed by atoms with Gasteiger partial charge in [-0.15, -0.1) is 0 Å². The number of ether oxygens (including phenoxy) is 1. The molecule has 0 saturated carbocycles. The first-order valence-corrected chi connectivity index (χ1v) is 10.1. The molecule has 2 N–H and O–H groups in total. The maximum Gasteiger partial charge on any atom is 0.216 e. The second-order valence-electron chi connectivity index (χ2n) is 6.27. The third-order valence-electron chi connectivity index (χ3n) is 4.49. The number of hydrazone groups is 1. The van der Waals surface area contributed by atoms with Crippen molar-refractivity contribution < 1.29 is 4.74 Å². The first kappa shape index (κ1) is 20.6. The largest absolute Gasteiger partial charge is 0.494 e. The summed E-state index contributed by atoms with van der Waals surface area (Å²) in [5.41, 5.74) is 6.05. The smallest absolute Gasteiger partial charge is 0.216 e. The molecule has 152 valence electrons. The van der Waals surface area contributed by atoms with Gasteiger partial charge >= 0.3 is 0 Å². The summed E-state index contributed by atoms with van der Waals surface area (Å²) >= 11 is 5.32. The van der Waals surface area contributed by atoms with Gasteiger partial charge in [-0.1, -0.05) is 12.1 Å². The van der Waals surface area contributed by atoms with E-state index in [0.717, 1.165) is 30.0 Å². The molecule has 1 aromatic heterocycles. The van der Waals surface area contributed by atoms with Gasteiger partial charge < -0.3 is 9.64 Å². The molecule has 0 fully saturated rings. The van der Waals surface area contributed by atoms with Crippen LogP contribution in [0, 0.1) is 4.77 Å². The van der Waals surface area contributed by atoms with Crippen LogP contribution in [-0.2, 0) is 0 Å². The second-order valence-corrected chi connectivity index (χ2v) is 6.65. The zero-order valence-corrected chi connectivity index (χ0v) is 17.7. The van der Waals surface area contributed by atoms with E-state index in [1.807, 2.05) is 43.3 Å². The molecule has 1 heterocycles. The molecule has 2 aromatic carbocycles. The monoisotopic (exact) mass is 410 g/mol. The van der Waals surface area contributed by atoms with Crippen LogP contribution >= 0.6 is 12.2 Å². The lowest BCUT2D eigenvalue weighted by Gasteiger charge is -2.20. The lowest BCUT2D eigenvalue weighted by atomic mass is 10.2. The van der Waals surface area contributed by atoms with Crippen LogP contribution < -0.4 is 15.2 Å². The van der Waals surface area contributed by atoms with Crippen LogP contribution in [0.5, 0.6) is 5.75 Å². The van der Waals surface area contributed by atoms with Crippen molar-refractivity contribution in [2.75, 3.05) is 30.1 Å². The summed E-state index contributed by atoms with van der Waals surface area (Å²) in [4.78, 5) is 2.30. The zero-order chi connectivity index (χ0) is 20.6. The predicted octanol–water partition coefficient (Wildman–Crippen LogP) is 4.43. The number of aromatic amines is 1. The van der Waals surface area contributed by atoms with Gasteiger partial charge in [-0.05, 0) is 75.0 Å². The van der Waals surface area contributed by atoms with E-state index in [0.29, 0.717) is 17.2 Å². The molecular weight excluding hydrogens is 384 g/mol. The van der Waals surface area contributed by atoms with E-state index in [-0.39, 0.29) is 0 Å². The number of hydrogen-bond acceptors (Lipinski definition) is 6. The first-order chi connectivity index (χ1) is 14.2. The summed E-state index contributed by atoms with van der Waals surface area (Å²) in [5, 5.41) is 11.4. The summed E-state index contributed by atoms with van der Waals surface area (Å²) in [6, 6.07) is 16.0. The Morgan fingerprint density at radius 3 is 2.41 bits per heavy atom. The van der Waals surface area contributed by atoms with Gasteiger partial charge in [-0.3, -0.25) is 0 Å². The van der Waals surface area contributed by atoms with Crippen LogP contribution in [0.4, 0.5) is 5.69 Å². The molecule has 0 spiro atoms. The molecule has 0 amide bonds. The van der Waals surface area contributed by atoms with E-state index in [1.165, 1.54) is 5.69 Å². The van der Waals surface area contributed by atoms with Crippen molar-refractivity contribution in [2.45, 2.75) is 20.8 Å². The molecule has 3 rings (SSSR count). The standard InChI is InChI=1S/C21H26N6OS/c1-4-26(5-2)18-11-7-16(8-12-18)15-22-25-27-20(23-24-21(27)29)17-9-13-19(14-10-17)28-6-3/h7-15,25H,4-6H2,1-3H3,(H,24,29)/b22-15+. The molecule has 0 radical (unpaired) electrons. The minimum atomic E-state index is 0.433. The zero-order valence-electron chi connectivity index (χ0n) is 16.9. The first-order valence-electron chi connectivity index (χ1n) is 9.71. The molecule has 3 aromatic rings. The third kappa shape index (κ3) is 5.03. The fourth-order valence-electron chi connectivity index (χ4n) is 2.97. The molecule has 7 nitrogen and oxygen atoms in total. The highest BCUT2D eigenvalue weighted by Gasteiger charge is 2.08. The Morgan fingerprint density at radius 2 is 1.79 bits per heavy atom. The molecule has 0 aliphatic carbocycles. The molecule has 0 aliphatic rings. The fraction of sp³-hybridized carbons (Fsp3) is 0.286. The van der Waals surface area contributed by atoms with Gasteiger partial charge in [0.25, 0.3) is 0 Å². The molecule has 0 saturated heterocycles. The van der Waals surface area contributed by atoms with Crippen LogP contribution in [-0.4, -0.2) is 40.8 Å². The maximum absolute atomic E-state index is 5.49. The number of hydrogen-bond donors (Lipinski definition) is 2. The lowest BCUT2D eigenvalue weighted by molar-refractivity contribution is 0.340. The van der Waals surface area contributed by atoms with Gasteiger partial charge in [0.1, 0.15) is 5.75 Å². The Morgan fingerprint density at radius 1 is 1.10 bits per heavy atom. The summed E-state index contributed by atoms with van der Waals surface area (Å²) in [6.45, 7) is 8.86. The minimum Gasteiger partial charge on any atom is -0.494 e. The lowest BCUT2D eigenvalue weighted by Crippen LogP contribution is -2.21. The molecule has 0 bridgehead atoms. The van der Waals surface area contributed by atoms with E-state index in [2.05, 4.69) is 51.7 Å². The summed E-state index contributed by atoms with van der Waals surface area (Å²) in [5.74, 6) is 1.46. The minimum absolute atomic E-state index is 0.433. The molecule has 0 aliphatic heterocycles. The van der Waals surface area contributed by atoms with E-state index in [4.69, 9.17) is 17.0 Å². The fourth-order valence-corrected chi connectivity index (χ4v) is 3.14. The SMILES string of the molecule is CCOc1ccc(-c2n[nH]c(=S)n2N/N=C/c2ccc(N(CC)CC)cc2)cc1. The van der Waals surface area contributed by atoms with Crippen LogP contribution in [0.15, 0.2) is 53.6 Å². The number of benzene rings is 2. The number of aromatic nitrogens is 3. The van der Waals surface area contributed by atoms with E-state index in [1.54, 1.807) is 10.9 Å². The number of nitrogens with zero attached hydrogens (tertiary/aromatic N) is 4. The Labute approximate surface area is 176 Å². The Balaban J connectivity index is 1.72. The van der Waals surface area contributed by atoms with Crippen molar-refractivity contribution in [3.8, 4) is 17.1 Å². The van der Waals surface area contributed by atoms with Crippen molar-refractivity contribution >= 4 is 24.1 Å². The van der Waals surface area contributed by atoms with Crippen LogP contribution in [0.1, 0.15) is 26.3 Å². The number of rotatable bonds is 9. The van der Waals surface area contributed by atoms with E-state index < -0.39 is 0 Å². The van der Waals surface area contributed by atoms with E-state index >= 15 is 0 Å². The summed E-state index contributed by atoms with van der Waals surface area (Å²) in [7, 11) is 0. The Kier molecular flexibility index (Phi) is 7.02. The predicted molar refractivity (Wildman–Crippen MR) is 121 cm³/mol. The summed E-state index contributed by atoms with van der Waals surface area (Å²) in [6.07, 6.45) is 1.75. The highest BCUT2D eigenvalue weighted by atomic mass is 32.1. The van der Waals surface area contributed by atoms with Gasteiger partial charge in [0.2, 0.25) is 4.77 Å². The van der Waals surface area contributed by atoms with Crippen LogP contribution in [0.3, 0.4) is 0 Å². The second kappa shape index (κ2) is 9.88. The van der Waals surface area contributed by atoms with Gasteiger partial charge in [-0.25, -0.2) is 10.6 Å². The average Bonchev–Trinajstić information content (AvgIpc) is 3.11. The van der Waals surface area contributed by atoms with Gasteiger partial charge in [0.15, 0.2) is 5.82 Å². The third-order valence-corrected chi connectivity index (χ3v) is 4.76. The summed E-state index contributed by atoms with van der Waals surface area (Å²) < 4.78 is 7.55. The molecular formula is C21H26N6OS. The number of H-pyrrole nitrogens is 1. The quantitative estimate of drug-likeness (QED) is 0.310. The average molecular weight is 411 g/mol. The van der Waals surface area contributed by atoms with Gasteiger partial charge in [-0.2, -0.15) is 14.9 Å². The van der Waals surface area contributed by atoms with Crippen molar-refractivity contribution in [2.24, 2.45) is 5.10 Å². The topological polar surface area (TPSA) is 70.5 Å². The molecule has 29 heavy (non-hydrogen) atoms. The van der Waals surface area contributed by atoms with Gasteiger partial charge in [0, 0.05) is 24.3 Å². The van der Waals surface area contributed by atoms with Crippen LogP contribution in [0.25, 0.3) is 11.4 Å². The van der Waals surface area contributed by atoms with Crippen molar-refractivity contribution in [3.05, 3.63) is 58.9 Å². The van der Waals surface area contributed by atoms with Crippen LogP contribution in [0.2, 0.25) is 0 Å². The van der Waals surface area contributed by atoms with Gasteiger partial charge in [0.05, 0.1) is 12.8 Å². The number of nitrogens with one attached hydrogen (secondary N) is 2. The molecule has 8 heteroatoms. The number of anilines is 1. The highest BCUT2D eigenvalue weighted by Crippen LogP contribution is 2.20. The normalized spacial score (nSPS) is 11.0. The van der Waals surface area contributed by atoms with Crippen molar-refractivity contribution in [3.63, 3.8) is 0 Å². The molecule has 0 unspecified atom stereocenters. The molecule has 0 atom stereocenters.